The highest BCUT2D eigenvalue weighted by Gasteiger charge is 2.16. The smallest absolute Gasteiger partial charge is 0.304 e. The van der Waals surface area contributed by atoms with Crippen molar-refractivity contribution in [2.75, 3.05) is 13.7 Å². The first kappa shape index (κ1) is 17.5. The van der Waals surface area contributed by atoms with Crippen LogP contribution in [-0.2, 0) is 11.2 Å². The van der Waals surface area contributed by atoms with Crippen LogP contribution in [0, 0.1) is 19.8 Å². The molecule has 1 rings (SSSR count). The highest BCUT2D eigenvalue weighted by molar-refractivity contribution is 5.67. The van der Waals surface area contributed by atoms with E-state index in [0.29, 0.717) is 5.92 Å². The molecule has 1 unspecified atom stereocenters. The Bertz CT molecular complexity index is 483. The fraction of sp³-hybridized carbons (Fsp3) is 0.588. The molecule has 4 nitrogen and oxygen atoms in total. The van der Waals surface area contributed by atoms with E-state index in [9.17, 15) is 4.79 Å². The van der Waals surface area contributed by atoms with Crippen molar-refractivity contribution in [2.24, 2.45) is 5.92 Å². The molecule has 1 aromatic carbocycles. The first-order valence-corrected chi connectivity index (χ1v) is 7.42. The van der Waals surface area contributed by atoms with Gasteiger partial charge in [-0.1, -0.05) is 19.9 Å². The van der Waals surface area contributed by atoms with Gasteiger partial charge in [-0.15, -0.1) is 0 Å². The number of ether oxygens (including phenoxy) is 1. The van der Waals surface area contributed by atoms with Gasteiger partial charge in [-0.2, -0.15) is 0 Å². The lowest BCUT2D eigenvalue weighted by atomic mass is 9.96. The molecule has 0 aliphatic heterocycles. The summed E-state index contributed by atoms with van der Waals surface area (Å²) in [7, 11) is 1.67. The van der Waals surface area contributed by atoms with E-state index >= 15 is 0 Å². The number of carbonyl (C=O) groups is 1. The maximum atomic E-state index is 11.0. The van der Waals surface area contributed by atoms with Crippen LogP contribution < -0.4 is 10.1 Å². The van der Waals surface area contributed by atoms with Gasteiger partial charge in [0, 0.05) is 6.04 Å². The van der Waals surface area contributed by atoms with E-state index in [0.717, 1.165) is 29.8 Å². The van der Waals surface area contributed by atoms with Crippen molar-refractivity contribution in [3.05, 3.63) is 28.8 Å². The van der Waals surface area contributed by atoms with Gasteiger partial charge in [-0.05, 0) is 55.5 Å². The van der Waals surface area contributed by atoms with Gasteiger partial charge in [0.05, 0.1) is 13.5 Å². The summed E-state index contributed by atoms with van der Waals surface area (Å²) < 4.78 is 5.32. The van der Waals surface area contributed by atoms with Crippen LogP contribution in [-0.4, -0.2) is 30.8 Å². The second-order valence-corrected chi connectivity index (χ2v) is 6.05. The van der Waals surface area contributed by atoms with Crippen molar-refractivity contribution in [3.63, 3.8) is 0 Å². The lowest BCUT2D eigenvalue weighted by Gasteiger charge is -2.20. The lowest BCUT2D eigenvalue weighted by Crippen LogP contribution is -2.36. The fourth-order valence-electron chi connectivity index (χ4n) is 2.38. The number of carboxylic acids is 1. The van der Waals surface area contributed by atoms with Gasteiger partial charge < -0.3 is 15.2 Å². The Balaban J connectivity index is 2.86. The number of aryl methyl sites for hydroxylation is 2. The maximum absolute atomic E-state index is 11.0. The highest BCUT2D eigenvalue weighted by Crippen LogP contribution is 2.23. The molecule has 0 aliphatic carbocycles. The third-order valence-electron chi connectivity index (χ3n) is 3.56. The molecule has 1 atom stereocenters. The quantitative estimate of drug-likeness (QED) is 0.773. The van der Waals surface area contributed by atoms with E-state index in [-0.39, 0.29) is 12.5 Å². The van der Waals surface area contributed by atoms with Crippen LogP contribution in [0.2, 0.25) is 0 Å². The molecule has 118 valence electrons. The maximum Gasteiger partial charge on any atom is 0.304 e. The van der Waals surface area contributed by atoms with Crippen molar-refractivity contribution in [3.8, 4) is 5.75 Å². The van der Waals surface area contributed by atoms with E-state index in [1.54, 1.807) is 7.11 Å². The lowest BCUT2D eigenvalue weighted by molar-refractivity contribution is -0.137. The molecule has 0 radical (unpaired) electrons. The largest absolute Gasteiger partial charge is 0.496 e. The second-order valence-electron chi connectivity index (χ2n) is 6.05. The standard InChI is InChI=1S/C17H27NO3/c1-11(2)10-18-15(9-17(19)20)8-14-6-13(4)16(21-5)7-12(14)3/h6-7,11,15,18H,8-10H2,1-5H3,(H,19,20). The summed E-state index contributed by atoms with van der Waals surface area (Å²) in [4.78, 5) is 11.0. The Hall–Kier alpha value is -1.55. The topological polar surface area (TPSA) is 58.6 Å². The number of hydrogen-bond acceptors (Lipinski definition) is 3. The number of hydrogen-bond donors (Lipinski definition) is 2. The summed E-state index contributed by atoms with van der Waals surface area (Å²) in [5.74, 6) is 0.611. The Morgan fingerprint density at radius 2 is 1.95 bits per heavy atom. The molecule has 0 aliphatic rings. The number of rotatable bonds is 8. The summed E-state index contributed by atoms with van der Waals surface area (Å²) in [6.45, 7) is 9.11. The van der Waals surface area contributed by atoms with E-state index < -0.39 is 5.97 Å². The van der Waals surface area contributed by atoms with Crippen LogP contribution in [0.5, 0.6) is 5.75 Å². The molecule has 0 saturated carbocycles. The van der Waals surface area contributed by atoms with Crippen LogP contribution in [0.3, 0.4) is 0 Å². The Kier molecular flexibility index (Phi) is 6.69. The van der Waals surface area contributed by atoms with E-state index in [2.05, 4.69) is 25.2 Å². The van der Waals surface area contributed by atoms with Crippen molar-refractivity contribution in [1.29, 1.82) is 0 Å². The normalized spacial score (nSPS) is 12.5. The molecular formula is C17H27NO3. The van der Waals surface area contributed by atoms with Gasteiger partial charge in [0.2, 0.25) is 0 Å². The minimum Gasteiger partial charge on any atom is -0.496 e. The van der Waals surface area contributed by atoms with Gasteiger partial charge >= 0.3 is 5.97 Å². The first-order chi connectivity index (χ1) is 9.83. The highest BCUT2D eigenvalue weighted by atomic mass is 16.5. The van der Waals surface area contributed by atoms with E-state index in [1.165, 1.54) is 5.56 Å². The molecule has 21 heavy (non-hydrogen) atoms. The predicted octanol–water partition coefficient (Wildman–Crippen LogP) is 2.94. The molecule has 0 saturated heterocycles. The average Bonchev–Trinajstić information content (AvgIpc) is 2.39. The Labute approximate surface area is 127 Å². The molecule has 2 N–H and O–H groups in total. The van der Waals surface area contributed by atoms with Gasteiger partial charge in [0.25, 0.3) is 0 Å². The van der Waals surface area contributed by atoms with Crippen molar-refractivity contribution >= 4 is 5.97 Å². The van der Waals surface area contributed by atoms with Crippen molar-refractivity contribution in [2.45, 2.75) is 46.6 Å². The molecule has 0 amide bonds. The van der Waals surface area contributed by atoms with Crippen LogP contribution >= 0.6 is 0 Å². The summed E-state index contributed by atoms with van der Waals surface area (Å²) in [5, 5.41) is 12.4. The molecule has 0 heterocycles. The minimum absolute atomic E-state index is 0.0450. The van der Waals surface area contributed by atoms with E-state index in [1.807, 2.05) is 19.9 Å². The van der Waals surface area contributed by atoms with Crippen molar-refractivity contribution in [1.82, 2.24) is 5.32 Å². The monoisotopic (exact) mass is 293 g/mol. The molecular weight excluding hydrogens is 266 g/mol. The van der Waals surface area contributed by atoms with Gasteiger partial charge in [0.1, 0.15) is 5.75 Å². The number of carboxylic acid groups (broad SMARTS) is 1. The molecule has 0 fully saturated rings. The van der Waals surface area contributed by atoms with Crippen LogP contribution in [0.4, 0.5) is 0 Å². The molecule has 0 spiro atoms. The minimum atomic E-state index is -0.765. The first-order valence-electron chi connectivity index (χ1n) is 7.42. The average molecular weight is 293 g/mol. The zero-order valence-corrected chi connectivity index (χ0v) is 13.7. The third-order valence-corrected chi connectivity index (χ3v) is 3.56. The number of methoxy groups -OCH3 is 1. The van der Waals surface area contributed by atoms with Crippen LogP contribution in [0.15, 0.2) is 12.1 Å². The zero-order valence-electron chi connectivity index (χ0n) is 13.7. The summed E-state index contributed by atoms with van der Waals surface area (Å²) >= 11 is 0. The third kappa shape index (κ3) is 5.76. The number of nitrogens with one attached hydrogen (secondary N) is 1. The summed E-state index contributed by atoms with van der Waals surface area (Å²) in [6, 6.07) is 4.07. The summed E-state index contributed by atoms with van der Waals surface area (Å²) in [5.41, 5.74) is 3.39. The fourth-order valence-corrected chi connectivity index (χ4v) is 2.38. The zero-order chi connectivity index (χ0) is 16.0. The van der Waals surface area contributed by atoms with Crippen LogP contribution in [0.1, 0.15) is 37.0 Å². The van der Waals surface area contributed by atoms with Gasteiger partial charge in [0.15, 0.2) is 0 Å². The van der Waals surface area contributed by atoms with Crippen LogP contribution in [0.25, 0.3) is 0 Å². The van der Waals surface area contributed by atoms with Gasteiger partial charge in [-0.3, -0.25) is 4.79 Å². The van der Waals surface area contributed by atoms with Crippen molar-refractivity contribution < 1.29 is 14.6 Å². The van der Waals surface area contributed by atoms with Gasteiger partial charge in [-0.25, -0.2) is 0 Å². The number of benzene rings is 1. The number of aliphatic carboxylic acids is 1. The van der Waals surface area contributed by atoms with E-state index in [4.69, 9.17) is 9.84 Å². The summed E-state index contributed by atoms with van der Waals surface area (Å²) in [6.07, 6.45) is 0.854. The molecule has 0 bridgehead atoms. The molecule has 4 heteroatoms. The Morgan fingerprint density at radius 1 is 1.29 bits per heavy atom. The predicted molar refractivity (Wildman–Crippen MR) is 85.1 cm³/mol. The Morgan fingerprint density at radius 3 is 2.48 bits per heavy atom. The molecule has 1 aromatic rings. The molecule has 0 aromatic heterocycles. The second kappa shape index (κ2) is 8.03. The SMILES string of the molecule is COc1cc(C)c(CC(CC(=O)O)NCC(C)C)cc1C.